The third-order valence-corrected chi connectivity index (χ3v) is 5.03. The number of amides is 2. The fourth-order valence-electron chi connectivity index (χ4n) is 3.78. The van der Waals surface area contributed by atoms with Crippen molar-refractivity contribution >= 4 is 17.5 Å². The van der Waals surface area contributed by atoms with Crippen LogP contribution >= 0.6 is 0 Å². The van der Waals surface area contributed by atoms with Gasteiger partial charge in [0.2, 0.25) is 5.91 Å². The van der Waals surface area contributed by atoms with Crippen LogP contribution in [0.25, 0.3) is 0 Å². The van der Waals surface area contributed by atoms with Crippen LogP contribution in [0.5, 0.6) is 11.5 Å². The molecule has 1 atom stereocenters. The van der Waals surface area contributed by atoms with Crippen molar-refractivity contribution in [3.05, 3.63) is 66.2 Å². The fraction of sp³-hybridized carbons (Fsp3) is 0.273. The van der Waals surface area contributed by atoms with Crippen molar-refractivity contribution in [2.45, 2.75) is 18.9 Å². The normalized spacial score (nSPS) is 17.9. The Kier molecular flexibility index (Phi) is 5.02. The van der Waals surface area contributed by atoms with Gasteiger partial charge in [-0.05, 0) is 43.2 Å². The summed E-state index contributed by atoms with van der Waals surface area (Å²) in [6.07, 6.45) is 3.00. The van der Waals surface area contributed by atoms with Gasteiger partial charge in [0.05, 0.1) is 6.04 Å². The van der Waals surface area contributed by atoms with Gasteiger partial charge in [0.1, 0.15) is 13.2 Å². The smallest absolute Gasteiger partial charge is 0.254 e. The molecule has 2 aliphatic heterocycles. The molecule has 2 aliphatic rings. The lowest BCUT2D eigenvalue weighted by atomic mass is 10.0. The first kappa shape index (κ1) is 18.1. The molecule has 2 aromatic rings. The molecule has 0 aliphatic carbocycles. The molecule has 2 amide bonds. The molecule has 28 heavy (non-hydrogen) atoms. The molecule has 0 spiro atoms. The quantitative estimate of drug-likeness (QED) is 0.826. The average molecular weight is 378 g/mol. The van der Waals surface area contributed by atoms with Crippen LogP contribution in [-0.2, 0) is 4.79 Å². The van der Waals surface area contributed by atoms with Gasteiger partial charge in [0.15, 0.2) is 11.5 Å². The first-order valence-corrected chi connectivity index (χ1v) is 9.40. The molecule has 4 rings (SSSR count). The number of carbonyl (C=O) groups is 2. The number of carbonyl (C=O) groups excluding carboxylic acids is 2. The molecule has 1 N–H and O–H groups in total. The number of hydrogen-bond acceptors (Lipinski definition) is 4. The minimum atomic E-state index is -0.309. The van der Waals surface area contributed by atoms with Crippen LogP contribution in [-0.4, -0.2) is 36.5 Å². The van der Waals surface area contributed by atoms with Gasteiger partial charge in [0.25, 0.3) is 5.91 Å². The molecule has 0 radical (unpaired) electrons. The van der Waals surface area contributed by atoms with Gasteiger partial charge in [0, 0.05) is 23.4 Å². The third kappa shape index (κ3) is 3.45. The summed E-state index contributed by atoms with van der Waals surface area (Å²) in [4.78, 5) is 26.6. The number of ether oxygens (including phenoxy) is 2. The molecule has 6 heteroatoms. The molecular formula is C22H22N2O4. The maximum atomic E-state index is 13.2. The van der Waals surface area contributed by atoms with Crippen molar-refractivity contribution in [1.82, 2.24) is 4.90 Å². The maximum Gasteiger partial charge on any atom is 0.254 e. The zero-order valence-corrected chi connectivity index (χ0v) is 15.5. The highest BCUT2D eigenvalue weighted by molar-refractivity contribution is 6.01. The number of rotatable bonds is 4. The van der Waals surface area contributed by atoms with Crippen LogP contribution in [0.3, 0.4) is 0 Å². The van der Waals surface area contributed by atoms with Crippen molar-refractivity contribution < 1.29 is 19.1 Å². The molecule has 1 saturated heterocycles. The second-order valence-electron chi connectivity index (χ2n) is 6.80. The summed E-state index contributed by atoms with van der Waals surface area (Å²) in [5.74, 6) is 1.10. The first-order valence-electron chi connectivity index (χ1n) is 9.40. The van der Waals surface area contributed by atoms with E-state index < -0.39 is 0 Å². The zero-order valence-electron chi connectivity index (χ0n) is 15.5. The standard InChI is InChI=1S/C22H22N2O4/c1-2-20(25)23-16-7-3-6-15(14-16)22(26)24-11-5-9-18(24)17-8-4-10-19-21(17)28-13-12-27-19/h2-4,6-8,10,14,18H,1,5,9,11-13H2,(H,23,25). The Bertz CT molecular complexity index is 925. The lowest BCUT2D eigenvalue weighted by Crippen LogP contribution is -2.31. The van der Waals surface area contributed by atoms with Gasteiger partial charge in [-0.15, -0.1) is 0 Å². The van der Waals surface area contributed by atoms with E-state index in [-0.39, 0.29) is 17.9 Å². The summed E-state index contributed by atoms with van der Waals surface area (Å²) in [5, 5.41) is 2.70. The van der Waals surface area contributed by atoms with E-state index in [1.54, 1.807) is 24.3 Å². The Morgan fingerprint density at radius 1 is 1.14 bits per heavy atom. The Hall–Kier alpha value is -3.28. The van der Waals surface area contributed by atoms with Gasteiger partial charge in [-0.25, -0.2) is 0 Å². The molecule has 144 valence electrons. The second-order valence-corrected chi connectivity index (χ2v) is 6.80. The predicted molar refractivity (Wildman–Crippen MR) is 106 cm³/mol. The molecule has 1 unspecified atom stereocenters. The first-order chi connectivity index (χ1) is 13.7. The number of fused-ring (bicyclic) bond motifs is 1. The van der Waals surface area contributed by atoms with E-state index in [0.29, 0.717) is 31.0 Å². The van der Waals surface area contributed by atoms with Gasteiger partial charge < -0.3 is 19.7 Å². The summed E-state index contributed by atoms with van der Waals surface area (Å²) in [6.45, 7) is 5.17. The largest absolute Gasteiger partial charge is 0.486 e. The minimum absolute atomic E-state index is 0.0597. The SMILES string of the molecule is C=CC(=O)Nc1cccc(C(=O)N2CCCC2c2cccc3c2OCCO3)c1. The molecule has 2 aromatic carbocycles. The lowest BCUT2D eigenvalue weighted by molar-refractivity contribution is -0.111. The van der Waals surface area contributed by atoms with Gasteiger partial charge in [-0.3, -0.25) is 9.59 Å². The van der Waals surface area contributed by atoms with E-state index >= 15 is 0 Å². The van der Waals surface area contributed by atoms with Crippen molar-refractivity contribution in [2.75, 3.05) is 25.1 Å². The van der Waals surface area contributed by atoms with Crippen LogP contribution in [0.4, 0.5) is 5.69 Å². The van der Waals surface area contributed by atoms with Crippen LogP contribution in [0.15, 0.2) is 55.1 Å². The second kappa shape index (κ2) is 7.76. The summed E-state index contributed by atoms with van der Waals surface area (Å²) >= 11 is 0. The third-order valence-electron chi connectivity index (χ3n) is 5.03. The zero-order chi connectivity index (χ0) is 19.5. The van der Waals surface area contributed by atoms with E-state index in [9.17, 15) is 9.59 Å². The Labute approximate surface area is 163 Å². The summed E-state index contributed by atoms with van der Waals surface area (Å²) in [5.41, 5.74) is 2.09. The summed E-state index contributed by atoms with van der Waals surface area (Å²) < 4.78 is 11.5. The molecule has 2 heterocycles. The van der Waals surface area contributed by atoms with E-state index in [0.717, 1.165) is 29.9 Å². The minimum Gasteiger partial charge on any atom is -0.486 e. The topological polar surface area (TPSA) is 67.9 Å². The van der Waals surface area contributed by atoms with Gasteiger partial charge >= 0.3 is 0 Å². The van der Waals surface area contributed by atoms with Crippen molar-refractivity contribution in [3.63, 3.8) is 0 Å². The van der Waals surface area contributed by atoms with Gasteiger partial charge in [-0.2, -0.15) is 0 Å². The molecule has 0 saturated carbocycles. The maximum absolute atomic E-state index is 13.2. The van der Waals surface area contributed by atoms with Crippen molar-refractivity contribution in [1.29, 1.82) is 0 Å². The number of anilines is 1. The van der Waals surface area contributed by atoms with E-state index in [4.69, 9.17) is 9.47 Å². The Balaban J connectivity index is 1.61. The highest BCUT2D eigenvalue weighted by atomic mass is 16.6. The highest BCUT2D eigenvalue weighted by Gasteiger charge is 2.34. The summed E-state index contributed by atoms with van der Waals surface area (Å²) in [7, 11) is 0. The molecular weight excluding hydrogens is 356 g/mol. The number of nitrogens with one attached hydrogen (secondary N) is 1. The molecule has 0 bridgehead atoms. The van der Waals surface area contributed by atoms with Crippen LogP contribution in [0, 0.1) is 0 Å². The van der Waals surface area contributed by atoms with Crippen LogP contribution < -0.4 is 14.8 Å². The fourth-order valence-corrected chi connectivity index (χ4v) is 3.78. The van der Waals surface area contributed by atoms with E-state index in [1.807, 2.05) is 23.1 Å². The van der Waals surface area contributed by atoms with E-state index in [2.05, 4.69) is 11.9 Å². The number of hydrogen-bond donors (Lipinski definition) is 1. The average Bonchev–Trinajstić information content (AvgIpc) is 3.22. The lowest BCUT2D eigenvalue weighted by Gasteiger charge is -2.29. The van der Waals surface area contributed by atoms with Crippen molar-refractivity contribution in [3.8, 4) is 11.5 Å². The van der Waals surface area contributed by atoms with E-state index in [1.165, 1.54) is 6.08 Å². The molecule has 0 aromatic heterocycles. The van der Waals surface area contributed by atoms with Gasteiger partial charge in [-0.1, -0.05) is 24.8 Å². The molecule has 6 nitrogen and oxygen atoms in total. The number of likely N-dealkylation sites (tertiary alicyclic amines) is 1. The highest BCUT2D eigenvalue weighted by Crippen LogP contribution is 2.43. The monoisotopic (exact) mass is 378 g/mol. The van der Waals surface area contributed by atoms with Crippen molar-refractivity contribution in [2.24, 2.45) is 0 Å². The number of benzene rings is 2. The van der Waals surface area contributed by atoms with Crippen LogP contribution in [0.1, 0.15) is 34.8 Å². The number of para-hydroxylation sites is 1. The predicted octanol–water partition coefficient (Wildman–Crippen LogP) is 3.56. The molecule has 1 fully saturated rings. The summed E-state index contributed by atoms with van der Waals surface area (Å²) in [6, 6.07) is 12.7. The number of nitrogens with zero attached hydrogens (tertiary/aromatic N) is 1. The Morgan fingerprint density at radius 3 is 2.82 bits per heavy atom. The Morgan fingerprint density at radius 2 is 1.96 bits per heavy atom. The van der Waals surface area contributed by atoms with Crippen LogP contribution in [0.2, 0.25) is 0 Å².